The number of ether oxygens (including phenoxy) is 1. The molecule has 0 heterocycles. The molecule has 2 unspecified atom stereocenters. The number of esters is 1. The highest BCUT2D eigenvalue weighted by Crippen LogP contribution is 2.18. The maximum Gasteiger partial charge on any atom is 0.328 e. The lowest BCUT2D eigenvalue weighted by atomic mass is 10.0. The maximum absolute atomic E-state index is 12.8. The summed E-state index contributed by atoms with van der Waals surface area (Å²) in [5.74, 6) is -2.35. The lowest BCUT2D eigenvalue weighted by molar-refractivity contribution is -0.150. The molecular weight excluding hydrogens is 777 g/mol. The first-order valence-corrected chi connectivity index (χ1v) is 24.5. The van der Waals surface area contributed by atoms with E-state index in [0.717, 1.165) is 128 Å². The molecule has 62 heavy (non-hydrogen) atoms. The highest BCUT2D eigenvalue weighted by molar-refractivity contribution is 5.87. The van der Waals surface area contributed by atoms with E-state index in [9.17, 15) is 19.2 Å². The van der Waals surface area contributed by atoms with Crippen molar-refractivity contribution in [3.8, 4) is 0 Å². The predicted molar refractivity (Wildman–Crippen MR) is 259 cm³/mol. The van der Waals surface area contributed by atoms with Crippen LogP contribution in [0.2, 0.25) is 0 Å². The van der Waals surface area contributed by atoms with Gasteiger partial charge in [0.15, 0.2) is 0 Å². The summed E-state index contributed by atoms with van der Waals surface area (Å²) in [5, 5.41) is 22.6. The number of hydrogen-bond acceptors (Lipinski definition) is 6. The van der Waals surface area contributed by atoms with Gasteiger partial charge in [0.25, 0.3) is 0 Å². The molecule has 0 aromatic heterocycles. The molecule has 0 aliphatic carbocycles. The van der Waals surface area contributed by atoms with Gasteiger partial charge in [0, 0.05) is 12.8 Å². The molecule has 0 radical (unpaired) electrons. The first-order chi connectivity index (χ1) is 30.3. The number of aliphatic carboxylic acids is 1. The van der Waals surface area contributed by atoms with Crippen molar-refractivity contribution < 1.29 is 34.1 Å². The highest BCUT2D eigenvalue weighted by atomic mass is 16.5. The number of unbranched alkanes of at least 4 members (excludes halogenated alkanes) is 15. The van der Waals surface area contributed by atoms with Crippen molar-refractivity contribution in [2.45, 2.75) is 212 Å². The zero-order chi connectivity index (χ0) is 45.4. The number of allylic oxidation sites excluding steroid dienone is 14. The van der Waals surface area contributed by atoms with Crippen molar-refractivity contribution in [1.82, 2.24) is 10.6 Å². The standard InChI is InChI=1S/C53H88N2O7/c1-3-5-7-9-11-13-15-16-17-18-19-20-21-22-23-24-25-26-28-30-32-37-41-45-52(59)62-48(42-38-34-31-29-27-14-12-10-8-6-4-2)43-39-35-33-36-40-44-50(57)54-46-51(58)55-49(47-56)53(60)61/h5,7,11,13,16-17,19-20,22-23,25-26,29,31,48-49,56H,3-4,6,8-10,12,14-15,18,21,24,27-28,30,32-47H2,1-2H3,(H,54,57)(H,55,58)(H,60,61)/b7-5-,13-11-,17-16-,20-19-,23-22-,26-25-,31-29-. The zero-order valence-corrected chi connectivity index (χ0v) is 39.1. The number of aliphatic hydroxyl groups excluding tert-OH is 1. The molecule has 4 N–H and O–H groups in total. The normalized spacial score (nSPS) is 13.2. The monoisotopic (exact) mass is 865 g/mol. The number of aliphatic hydroxyl groups is 1. The largest absolute Gasteiger partial charge is 0.480 e. The fourth-order valence-electron chi connectivity index (χ4n) is 6.66. The molecule has 2 amide bonds. The highest BCUT2D eigenvalue weighted by Gasteiger charge is 2.19. The molecule has 0 aliphatic rings. The third-order valence-electron chi connectivity index (χ3n) is 10.4. The van der Waals surface area contributed by atoms with Gasteiger partial charge in [-0.05, 0) is 109 Å². The molecule has 0 aliphatic heterocycles. The first-order valence-electron chi connectivity index (χ1n) is 24.5. The van der Waals surface area contributed by atoms with Gasteiger partial charge < -0.3 is 25.6 Å². The Morgan fingerprint density at radius 3 is 1.47 bits per heavy atom. The van der Waals surface area contributed by atoms with Gasteiger partial charge in [0.2, 0.25) is 11.8 Å². The minimum atomic E-state index is -1.39. The van der Waals surface area contributed by atoms with Crippen molar-refractivity contribution in [2.75, 3.05) is 13.2 Å². The van der Waals surface area contributed by atoms with Crippen LogP contribution in [0.4, 0.5) is 0 Å². The topological polar surface area (TPSA) is 142 Å². The lowest BCUT2D eigenvalue weighted by Gasteiger charge is -2.18. The number of nitrogens with one attached hydrogen (secondary N) is 2. The van der Waals surface area contributed by atoms with Gasteiger partial charge in [-0.25, -0.2) is 4.79 Å². The summed E-state index contributed by atoms with van der Waals surface area (Å²) in [4.78, 5) is 47.7. The Labute approximate surface area is 377 Å². The number of hydrogen-bond donors (Lipinski definition) is 4. The average Bonchev–Trinajstić information content (AvgIpc) is 3.26. The summed E-state index contributed by atoms with van der Waals surface area (Å²) in [7, 11) is 0. The summed E-state index contributed by atoms with van der Waals surface area (Å²) >= 11 is 0. The van der Waals surface area contributed by atoms with E-state index in [0.29, 0.717) is 12.8 Å². The third-order valence-corrected chi connectivity index (χ3v) is 10.4. The number of amides is 2. The summed E-state index contributed by atoms with van der Waals surface area (Å²) in [6, 6.07) is -1.39. The van der Waals surface area contributed by atoms with Crippen molar-refractivity contribution in [2.24, 2.45) is 0 Å². The second-order valence-corrected chi connectivity index (χ2v) is 16.2. The quantitative estimate of drug-likeness (QED) is 0.0272. The Kier molecular flexibility index (Phi) is 43.5. The van der Waals surface area contributed by atoms with Crippen LogP contribution < -0.4 is 10.6 Å². The molecule has 0 aromatic carbocycles. The van der Waals surface area contributed by atoms with Gasteiger partial charge in [-0.2, -0.15) is 0 Å². The van der Waals surface area contributed by atoms with Gasteiger partial charge in [-0.15, -0.1) is 0 Å². The van der Waals surface area contributed by atoms with Gasteiger partial charge in [0.05, 0.1) is 13.2 Å². The van der Waals surface area contributed by atoms with Crippen LogP contribution in [-0.2, 0) is 23.9 Å². The number of rotatable bonds is 43. The van der Waals surface area contributed by atoms with Crippen molar-refractivity contribution in [1.29, 1.82) is 0 Å². The summed E-state index contributed by atoms with van der Waals surface area (Å²) in [6.45, 7) is 3.35. The Balaban J connectivity index is 4.34. The molecule has 0 spiro atoms. The van der Waals surface area contributed by atoms with Crippen LogP contribution in [0.15, 0.2) is 85.1 Å². The second-order valence-electron chi connectivity index (χ2n) is 16.2. The number of carbonyl (C=O) groups excluding carboxylic acids is 3. The van der Waals surface area contributed by atoms with E-state index in [-0.39, 0.29) is 30.9 Å². The van der Waals surface area contributed by atoms with Crippen LogP contribution in [0.25, 0.3) is 0 Å². The fourth-order valence-corrected chi connectivity index (χ4v) is 6.66. The number of carboxylic acid groups (broad SMARTS) is 1. The lowest BCUT2D eigenvalue weighted by Crippen LogP contribution is -2.47. The number of carboxylic acids is 1. The van der Waals surface area contributed by atoms with Crippen LogP contribution >= 0.6 is 0 Å². The van der Waals surface area contributed by atoms with Crippen molar-refractivity contribution in [3.63, 3.8) is 0 Å². The van der Waals surface area contributed by atoms with Crippen LogP contribution in [0.5, 0.6) is 0 Å². The third kappa shape index (κ3) is 42.7. The van der Waals surface area contributed by atoms with Crippen molar-refractivity contribution in [3.05, 3.63) is 85.1 Å². The minimum absolute atomic E-state index is 0.0638. The molecule has 0 fully saturated rings. The zero-order valence-electron chi connectivity index (χ0n) is 39.1. The molecule has 0 saturated heterocycles. The molecule has 0 aromatic rings. The van der Waals surface area contributed by atoms with Gasteiger partial charge >= 0.3 is 11.9 Å². The fraction of sp³-hybridized carbons (Fsp3) is 0.660. The average molecular weight is 865 g/mol. The van der Waals surface area contributed by atoms with Gasteiger partial charge in [-0.3, -0.25) is 14.4 Å². The summed E-state index contributed by atoms with van der Waals surface area (Å²) in [6.07, 6.45) is 60.4. The minimum Gasteiger partial charge on any atom is -0.480 e. The Hall–Kier alpha value is -3.98. The van der Waals surface area contributed by atoms with Crippen LogP contribution in [0.1, 0.15) is 200 Å². The molecule has 352 valence electrons. The summed E-state index contributed by atoms with van der Waals surface area (Å²) in [5.41, 5.74) is 0. The van der Waals surface area contributed by atoms with E-state index >= 15 is 0 Å². The molecule has 0 rings (SSSR count). The van der Waals surface area contributed by atoms with Crippen LogP contribution in [-0.4, -0.2) is 59.3 Å². The Bertz CT molecular complexity index is 1310. The van der Waals surface area contributed by atoms with E-state index in [2.05, 4.69) is 110 Å². The SMILES string of the molecule is CC/C=C\C/C=C\C/C=C\C/C=C\C/C=C\C/C=C\CCCCCCC(=O)OC(CCC/C=C\CCCCCCCC)CCCCCCCC(=O)NCC(=O)NC(CO)C(=O)O. The maximum atomic E-state index is 12.8. The van der Waals surface area contributed by atoms with E-state index in [1.165, 1.54) is 38.5 Å². The first kappa shape index (κ1) is 58.0. The molecular formula is C53H88N2O7. The second kappa shape index (κ2) is 46.5. The smallest absolute Gasteiger partial charge is 0.328 e. The predicted octanol–water partition coefficient (Wildman–Crippen LogP) is 12.8. The summed E-state index contributed by atoms with van der Waals surface area (Å²) < 4.78 is 6.02. The van der Waals surface area contributed by atoms with E-state index < -0.39 is 24.5 Å². The molecule has 0 bridgehead atoms. The van der Waals surface area contributed by atoms with Crippen LogP contribution in [0.3, 0.4) is 0 Å². The number of carbonyl (C=O) groups is 4. The van der Waals surface area contributed by atoms with E-state index in [4.69, 9.17) is 14.9 Å². The van der Waals surface area contributed by atoms with Crippen molar-refractivity contribution >= 4 is 23.8 Å². The van der Waals surface area contributed by atoms with E-state index in [1.807, 2.05) is 0 Å². The van der Waals surface area contributed by atoms with Gasteiger partial charge in [-0.1, -0.05) is 163 Å². The van der Waals surface area contributed by atoms with Gasteiger partial charge in [0.1, 0.15) is 12.1 Å². The van der Waals surface area contributed by atoms with Crippen LogP contribution in [0, 0.1) is 0 Å². The molecule has 0 saturated carbocycles. The molecule has 9 heteroatoms. The molecule has 9 nitrogen and oxygen atoms in total. The Morgan fingerprint density at radius 2 is 0.935 bits per heavy atom. The van der Waals surface area contributed by atoms with E-state index in [1.54, 1.807) is 0 Å². The Morgan fingerprint density at radius 1 is 0.500 bits per heavy atom. The molecule has 2 atom stereocenters.